The predicted molar refractivity (Wildman–Crippen MR) is 109 cm³/mol. The smallest absolute Gasteiger partial charge is 0.193 e. The molecule has 1 aromatic heterocycles. The van der Waals surface area contributed by atoms with E-state index in [9.17, 15) is 4.21 Å². The summed E-state index contributed by atoms with van der Waals surface area (Å²) in [6.07, 6.45) is 1.65. The van der Waals surface area contributed by atoms with Crippen LogP contribution in [0.15, 0.2) is 22.8 Å². The largest absolute Gasteiger partial charge is 0.466 e. The SMILES string of the molecule is CO[C@]1(N[S@@](=O)C(C)(C)C)[C@H](C)[C@]1(O[Si](C)(C)C(C)(C)C)c1ccco1. The van der Waals surface area contributed by atoms with Crippen LogP contribution in [0, 0.1) is 5.92 Å². The summed E-state index contributed by atoms with van der Waals surface area (Å²) >= 11 is 0. The molecule has 0 unspecified atom stereocenters. The van der Waals surface area contributed by atoms with Gasteiger partial charge in [0.05, 0.1) is 22.0 Å². The van der Waals surface area contributed by atoms with Gasteiger partial charge in [-0.2, -0.15) is 0 Å². The molecule has 0 radical (unpaired) electrons. The molecule has 4 atom stereocenters. The Balaban J connectivity index is 2.52. The van der Waals surface area contributed by atoms with E-state index in [2.05, 4.69) is 45.5 Å². The summed E-state index contributed by atoms with van der Waals surface area (Å²) in [4.78, 5) is 0. The number of rotatable bonds is 6. The molecule has 150 valence electrons. The van der Waals surface area contributed by atoms with Gasteiger partial charge >= 0.3 is 0 Å². The highest BCUT2D eigenvalue weighted by atomic mass is 32.2. The van der Waals surface area contributed by atoms with E-state index in [0.29, 0.717) is 0 Å². The van der Waals surface area contributed by atoms with Gasteiger partial charge < -0.3 is 13.6 Å². The molecule has 0 amide bonds. The third-order valence-electron chi connectivity index (χ3n) is 5.92. The Labute approximate surface area is 161 Å². The van der Waals surface area contributed by atoms with Crippen LogP contribution in [-0.4, -0.2) is 30.1 Å². The number of hydrogen-bond donors (Lipinski definition) is 1. The standard InChI is InChI=1S/C19H35NO4SSi/c1-14-18(15-12-11-13-23-15,24-26(9,10)17(5,6)7)19(14,22-8)20-25(21)16(2,3)4/h11-14,20H,1-10H3/t14-,18+,19-,25+/m1/s1. The summed E-state index contributed by atoms with van der Waals surface area (Å²) in [7, 11) is -1.82. The van der Waals surface area contributed by atoms with Crippen LogP contribution in [0.2, 0.25) is 18.1 Å². The predicted octanol–water partition coefficient (Wildman–Crippen LogP) is 4.54. The van der Waals surface area contributed by atoms with Crippen molar-refractivity contribution in [1.82, 2.24) is 4.72 Å². The molecule has 1 aliphatic carbocycles. The fraction of sp³-hybridized carbons (Fsp3) is 0.789. The minimum Gasteiger partial charge on any atom is -0.466 e. The molecule has 26 heavy (non-hydrogen) atoms. The molecule has 0 spiro atoms. The number of nitrogens with one attached hydrogen (secondary N) is 1. The normalized spacial score (nSPS) is 31.1. The van der Waals surface area contributed by atoms with Crippen molar-refractivity contribution in [2.75, 3.05) is 7.11 Å². The van der Waals surface area contributed by atoms with Crippen molar-refractivity contribution in [2.24, 2.45) is 5.92 Å². The highest BCUT2D eigenvalue weighted by molar-refractivity contribution is 7.84. The summed E-state index contributed by atoms with van der Waals surface area (Å²) in [5.41, 5.74) is -1.69. The van der Waals surface area contributed by atoms with Crippen LogP contribution < -0.4 is 4.72 Å². The summed E-state index contributed by atoms with van der Waals surface area (Å²) in [6.45, 7) is 18.9. The lowest BCUT2D eigenvalue weighted by Gasteiger charge is -2.40. The number of methoxy groups -OCH3 is 1. The molecular weight excluding hydrogens is 366 g/mol. The van der Waals surface area contributed by atoms with Gasteiger partial charge in [-0.3, -0.25) is 0 Å². The molecule has 7 heteroatoms. The van der Waals surface area contributed by atoms with Crippen LogP contribution in [0.25, 0.3) is 0 Å². The number of furan rings is 1. The first-order valence-corrected chi connectivity index (χ1v) is 13.2. The summed E-state index contributed by atoms with van der Waals surface area (Å²) in [6, 6.07) is 3.78. The summed E-state index contributed by atoms with van der Waals surface area (Å²) in [5, 5.41) is 0.0254. The maximum Gasteiger partial charge on any atom is 0.193 e. The zero-order valence-electron chi connectivity index (χ0n) is 17.9. The van der Waals surface area contributed by atoms with E-state index in [1.165, 1.54) is 0 Å². The highest BCUT2D eigenvalue weighted by Gasteiger charge is 2.82. The second-order valence-electron chi connectivity index (χ2n) is 9.72. The lowest BCUT2D eigenvalue weighted by Crippen LogP contribution is -2.52. The van der Waals surface area contributed by atoms with Gasteiger partial charge in [-0.25, -0.2) is 8.93 Å². The monoisotopic (exact) mass is 401 g/mol. The van der Waals surface area contributed by atoms with E-state index in [-0.39, 0.29) is 11.0 Å². The molecule has 5 nitrogen and oxygen atoms in total. The van der Waals surface area contributed by atoms with Crippen molar-refractivity contribution >= 4 is 19.3 Å². The molecule has 1 saturated carbocycles. The fourth-order valence-electron chi connectivity index (χ4n) is 3.08. The minimum absolute atomic E-state index is 0.0254. The van der Waals surface area contributed by atoms with Gasteiger partial charge in [0, 0.05) is 13.0 Å². The molecule has 0 aliphatic heterocycles. The number of hydrogen-bond acceptors (Lipinski definition) is 4. The van der Waals surface area contributed by atoms with Crippen molar-refractivity contribution in [3.8, 4) is 0 Å². The lowest BCUT2D eigenvalue weighted by atomic mass is 10.2. The second-order valence-corrected chi connectivity index (χ2v) is 16.4. The first kappa shape index (κ1) is 21.8. The summed E-state index contributed by atoms with van der Waals surface area (Å²) < 4.78 is 34.4. The van der Waals surface area contributed by atoms with E-state index in [1.54, 1.807) is 13.4 Å². The third kappa shape index (κ3) is 3.26. The van der Waals surface area contributed by atoms with Crippen LogP contribution in [0.3, 0.4) is 0 Å². The van der Waals surface area contributed by atoms with Crippen LogP contribution in [0.1, 0.15) is 54.2 Å². The topological polar surface area (TPSA) is 60.7 Å². The van der Waals surface area contributed by atoms with Gasteiger partial charge in [0.25, 0.3) is 0 Å². The van der Waals surface area contributed by atoms with Gasteiger partial charge in [-0.05, 0) is 51.0 Å². The third-order valence-corrected chi connectivity index (χ3v) is 12.0. The Hall–Kier alpha value is -0.473. The first-order chi connectivity index (χ1) is 11.7. The molecule has 2 rings (SSSR count). The first-order valence-electron chi connectivity index (χ1n) is 9.15. The number of ether oxygens (including phenoxy) is 1. The van der Waals surface area contributed by atoms with Crippen molar-refractivity contribution in [3.05, 3.63) is 24.2 Å². The van der Waals surface area contributed by atoms with Crippen molar-refractivity contribution in [1.29, 1.82) is 0 Å². The molecule has 0 aromatic carbocycles. The molecule has 1 heterocycles. The molecule has 0 saturated heterocycles. The van der Waals surface area contributed by atoms with Gasteiger partial charge in [0.15, 0.2) is 19.6 Å². The molecule has 1 fully saturated rings. The van der Waals surface area contributed by atoms with Crippen molar-refractivity contribution in [2.45, 2.75) is 82.7 Å². The molecular formula is C19H35NO4SSi. The Bertz CT molecular complexity index is 662. The van der Waals surface area contributed by atoms with Crippen LogP contribution in [-0.2, 0) is 25.7 Å². The molecule has 1 aliphatic rings. The van der Waals surface area contributed by atoms with Gasteiger partial charge in [0.1, 0.15) is 5.76 Å². The van der Waals surface area contributed by atoms with E-state index >= 15 is 0 Å². The average Bonchev–Trinajstić information content (AvgIpc) is 2.87. The Morgan fingerprint density at radius 3 is 2.19 bits per heavy atom. The summed E-state index contributed by atoms with van der Waals surface area (Å²) in [5.74, 6) is 0.668. The molecule has 0 bridgehead atoms. The zero-order valence-corrected chi connectivity index (χ0v) is 19.7. The van der Waals surface area contributed by atoms with Crippen molar-refractivity contribution in [3.63, 3.8) is 0 Å². The maximum atomic E-state index is 12.9. The van der Waals surface area contributed by atoms with Gasteiger partial charge in [-0.15, -0.1) is 0 Å². The maximum absolute atomic E-state index is 12.9. The quantitative estimate of drug-likeness (QED) is 0.561. The molecule has 1 aromatic rings. The Morgan fingerprint density at radius 1 is 1.23 bits per heavy atom. The second kappa shape index (κ2) is 6.55. The van der Waals surface area contributed by atoms with Gasteiger partial charge in [0.2, 0.25) is 0 Å². The Kier molecular flexibility index (Phi) is 5.50. The zero-order chi connectivity index (χ0) is 20.2. The van der Waals surface area contributed by atoms with Gasteiger partial charge in [-0.1, -0.05) is 27.7 Å². The van der Waals surface area contributed by atoms with E-state index in [1.807, 2.05) is 32.9 Å². The average molecular weight is 402 g/mol. The fourth-order valence-corrected chi connectivity index (χ4v) is 5.61. The van der Waals surface area contributed by atoms with Crippen LogP contribution in [0.4, 0.5) is 0 Å². The van der Waals surface area contributed by atoms with E-state index in [4.69, 9.17) is 13.6 Å². The van der Waals surface area contributed by atoms with Crippen LogP contribution in [0.5, 0.6) is 0 Å². The van der Waals surface area contributed by atoms with E-state index < -0.39 is 35.4 Å². The van der Waals surface area contributed by atoms with Crippen LogP contribution >= 0.6 is 0 Å². The minimum atomic E-state index is -2.16. The highest BCUT2D eigenvalue weighted by Crippen LogP contribution is 2.66. The lowest BCUT2D eigenvalue weighted by molar-refractivity contribution is -0.0236. The van der Waals surface area contributed by atoms with E-state index in [0.717, 1.165) is 5.76 Å². The molecule has 1 N–H and O–H groups in total. The van der Waals surface area contributed by atoms with Crippen molar-refractivity contribution < 1.29 is 17.8 Å². The Morgan fingerprint density at radius 2 is 1.81 bits per heavy atom.